The molecule has 1 saturated carbocycles. The lowest BCUT2D eigenvalue weighted by Gasteiger charge is -2.23. The number of carbonyl (C=O) groups excluding carboxylic acids is 1. The van der Waals surface area contributed by atoms with E-state index in [1.807, 2.05) is 19.1 Å². The Morgan fingerprint density at radius 3 is 2.53 bits per heavy atom. The van der Waals surface area contributed by atoms with Crippen LogP contribution in [0.4, 0.5) is 17.2 Å². The van der Waals surface area contributed by atoms with E-state index in [0.717, 1.165) is 40.6 Å². The molecule has 2 N–H and O–H groups in total. The van der Waals surface area contributed by atoms with Gasteiger partial charge in [-0.15, -0.1) is 0 Å². The molecule has 164 valence electrons. The van der Waals surface area contributed by atoms with Crippen LogP contribution >= 0.6 is 0 Å². The fraction of sp³-hybridized carbons (Fsp3) is 0.320. The minimum atomic E-state index is -0.425. The highest BCUT2D eigenvalue weighted by atomic mass is 16.1. The normalized spacial score (nSPS) is 15.4. The number of amides is 1. The predicted octanol–water partition coefficient (Wildman–Crippen LogP) is 3.69. The Morgan fingerprint density at radius 2 is 1.88 bits per heavy atom. The lowest BCUT2D eigenvalue weighted by Crippen LogP contribution is -2.30. The Balaban J connectivity index is 1.59. The lowest BCUT2D eigenvalue weighted by atomic mass is 10.1. The van der Waals surface area contributed by atoms with Crippen molar-refractivity contribution in [3.63, 3.8) is 0 Å². The second-order valence-corrected chi connectivity index (χ2v) is 8.97. The van der Waals surface area contributed by atoms with Crippen molar-refractivity contribution in [2.45, 2.75) is 32.4 Å². The number of fused-ring (bicyclic) bond motifs is 1. The minimum Gasteiger partial charge on any atom is -0.366 e. The Labute approximate surface area is 188 Å². The first-order valence-electron chi connectivity index (χ1n) is 11.0. The molecule has 1 aliphatic carbocycles. The van der Waals surface area contributed by atoms with Crippen molar-refractivity contribution in [2.75, 3.05) is 30.6 Å². The van der Waals surface area contributed by atoms with Gasteiger partial charge in [-0.2, -0.15) is 0 Å². The van der Waals surface area contributed by atoms with Crippen LogP contribution in [0.3, 0.4) is 0 Å². The molecule has 0 atom stereocenters. The summed E-state index contributed by atoms with van der Waals surface area (Å²) < 4.78 is 0. The zero-order valence-corrected chi connectivity index (χ0v) is 18.7. The van der Waals surface area contributed by atoms with Crippen molar-refractivity contribution in [3.05, 3.63) is 65.5 Å². The fourth-order valence-electron chi connectivity index (χ4n) is 4.39. The molecule has 2 aromatic carbocycles. The summed E-state index contributed by atoms with van der Waals surface area (Å²) >= 11 is 0. The highest BCUT2D eigenvalue weighted by Gasteiger charge is 2.40. The first-order chi connectivity index (χ1) is 15.4. The SMILES string of the molecule is Cc1ccc(C(N)=O)cc1N1CN(C2CC2)c2c(-c3ccc(CN(C)C)cc3)ncnc21. The highest BCUT2D eigenvalue weighted by Crippen LogP contribution is 2.48. The Bertz CT molecular complexity index is 1170. The second-order valence-electron chi connectivity index (χ2n) is 8.97. The van der Waals surface area contributed by atoms with Gasteiger partial charge < -0.3 is 20.4 Å². The number of rotatable bonds is 6. The molecule has 0 saturated heterocycles. The summed E-state index contributed by atoms with van der Waals surface area (Å²) in [5.74, 6) is 0.454. The number of benzene rings is 2. The van der Waals surface area contributed by atoms with Crippen LogP contribution in [0, 0.1) is 6.92 Å². The van der Waals surface area contributed by atoms with Gasteiger partial charge in [0.25, 0.3) is 0 Å². The molecule has 0 spiro atoms. The molecule has 7 nitrogen and oxygen atoms in total. The van der Waals surface area contributed by atoms with Crippen molar-refractivity contribution >= 4 is 23.1 Å². The number of carbonyl (C=O) groups is 1. The Kier molecular flexibility index (Phi) is 5.06. The number of nitrogens with zero attached hydrogens (tertiary/aromatic N) is 5. The summed E-state index contributed by atoms with van der Waals surface area (Å²) in [7, 11) is 4.14. The topological polar surface area (TPSA) is 78.6 Å². The third-order valence-electron chi connectivity index (χ3n) is 6.14. The van der Waals surface area contributed by atoms with Crippen LogP contribution in [0.2, 0.25) is 0 Å². The van der Waals surface area contributed by atoms with E-state index in [9.17, 15) is 4.79 Å². The van der Waals surface area contributed by atoms with Crippen LogP contribution in [0.1, 0.15) is 34.3 Å². The third-order valence-corrected chi connectivity index (χ3v) is 6.14. The zero-order chi connectivity index (χ0) is 22.4. The van der Waals surface area contributed by atoms with Crippen molar-refractivity contribution < 1.29 is 4.79 Å². The summed E-state index contributed by atoms with van der Waals surface area (Å²) in [6, 6.07) is 14.7. The van der Waals surface area contributed by atoms with E-state index in [4.69, 9.17) is 10.7 Å². The smallest absolute Gasteiger partial charge is 0.248 e. The number of aromatic nitrogens is 2. The van der Waals surface area contributed by atoms with E-state index in [1.54, 1.807) is 12.4 Å². The third kappa shape index (κ3) is 3.69. The van der Waals surface area contributed by atoms with Crippen molar-refractivity contribution in [1.82, 2.24) is 14.9 Å². The van der Waals surface area contributed by atoms with Crippen LogP contribution in [0.25, 0.3) is 11.3 Å². The summed E-state index contributed by atoms with van der Waals surface area (Å²) in [4.78, 5) is 27.9. The standard InChI is InChI=1S/C25H28N6O/c1-16-4-7-19(24(26)32)12-21(16)31-15-30(20-10-11-20)23-22(27-14-28-25(23)31)18-8-5-17(6-9-18)13-29(2)3/h4-9,12,14,20H,10-11,13,15H2,1-3H3,(H2,26,32). The van der Waals surface area contributed by atoms with Gasteiger partial charge in [-0.25, -0.2) is 9.97 Å². The molecular formula is C25H28N6O. The van der Waals surface area contributed by atoms with E-state index in [1.165, 1.54) is 18.4 Å². The summed E-state index contributed by atoms with van der Waals surface area (Å²) in [5, 5.41) is 0. The van der Waals surface area contributed by atoms with Crippen LogP contribution in [-0.4, -0.2) is 47.6 Å². The molecule has 0 unspecified atom stereocenters. The molecule has 0 bridgehead atoms. The van der Waals surface area contributed by atoms with Crippen LogP contribution in [-0.2, 0) is 6.54 Å². The van der Waals surface area contributed by atoms with Gasteiger partial charge in [0, 0.05) is 29.4 Å². The average molecular weight is 429 g/mol. The number of hydrogen-bond acceptors (Lipinski definition) is 6. The molecule has 2 heterocycles. The number of nitrogens with two attached hydrogens (primary N) is 1. The maximum Gasteiger partial charge on any atom is 0.248 e. The first kappa shape index (κ1) is 20.5. The maximum atomic E-state index is 11.8. The van der Waals surface area contributed by atoms with Crippen LogP contribution < -0.4 is 15.5 Å². The molecule has 2 aliphatic rings. The van der Waals surface area contributed by atoms with Gasteiger partial charge in [0.05, 0.1) is 12.4 Å². The molecule has 32 heavy (non-hydrogen) atoms. The van der Waals surface area contributed by atoms with Crippen LogP contribution in [0.5, 0.6) is 0 Å². The fourth-order valence-corrected chi connectivity index (χ4v) is 4.39. The van der Waals surface area contributed by atoms with Crippen LogP contribution in [0.15, 0.2) is 48.8 Å². The first-order valence-corrected chi connectivity index (χ1v) is 11.0. The molecular weight excluding hydrogens is 400 g/mol. The molecule has 3 aromatic rings. The quantitative estimate of drug-likeness (QED) is 0.645. The van der Waals surface area contributed by atoms with Gasteiger partial charge in [0.2, 0.25) is 5.91 Å². The van der Waals surface area contributed by atoms with E-state index < -0.39 is 5.91 Å². The number of aryl methyl sites for hydroxylation is 1. The maximum absolute atomic E-state index is 11.8. The molecule has 5 rings (SSSR count). The molecule has 1 aromatic heterocycles. The van der Waals surface area contributed by atoms with Gasteiger partial charge >= 0.3 is 0 Å². The van der Waals surface area contributed by atoms with E-state index in [2.05, 4.69) is 58.0 Å². The largest absolute Gasteiger partial charge is 0.366 e. The summed E-state index contributed by atoms with van der Waals surface area (Å²) in [5.41, 5.74) is 12.5. The van der Waals surface area contributed by atoms with Gasteiger partial charge in [-0.3, -0.25) is 4.79 Å². The number of primary amides is 1. The molecule has 1 amide bonds. The average Bonchev–Trinajstić information content (AvgIpc) is 3.54. The van der Waals surface area contributed by atoms with Crippen molar-refractivity contribution in [1.29, 1.82) is 0 Å². The molecule has 0 radical (unpaired) electrons. The molecule has 7 heteroatoms. The number of hydrogen-bond donors (Lipinski definition) is 1. The highest BCUT2D eigenvalue weighted by molar-refractivity contribution is 5.96. The van der Waals surface area contributed by atoms with Crippen molar-refractivity contribution in [3.8, 4) is 11.3 Å². The zero-order valence-electron chi connectivity index (χ0n) is 18.7. The second kappa shape index (κ2) is 7.91. The van der Waals surface area contributed by atoms with E-state index in [0.29, 0.717) is 18.3 Å². The molecule has 1 aliphatic heterocycles. The van der Waals surface area contributed by atoms with Gasteiger partial charge in [-0.05, 0) is 57.1 Å². The monoisotopic (exact) mass is 428 g/mol. The minimum absolute atomic E-state index is 0.425. The lowest BCUT2D eigenvalue weighted by molar-refractivity contribution is 0.100. The predicted molar refractivity (Wildman–Crippen MR) is 127 cm³/mol. The van der Waals surface area contributed by atoms with Gasteiger partial charge in [0.15, 0.2) is 5.82 Å². The summed E-state index contributed by atoms with van der Waals surface area (Å²) in [6.07, 6.45) is 3.98. The van der Waals surface area contributed by atoms with E-state index >= 15 is 0 Å². The Morgan fingerprint density at radius 1 is 1.12 bits per heavy atom. The number of anilines is 3. The molecule has 1 fully saturated rings. The Hall–Kier alpha value is -3.45. The summed E-state index contributed by atoms with van der Waals surface area (Å²) in [6.45, 7) is 3.64. The van der Waals surface area contributed by atoms with Gasteiger partial charge in [-0.1, -0.05) is 30.3 Å². The van der Waals surface area contributed by atoms with E-state index in [-0.39, 0.29) is 0 Å². The van der Waals surface area contributed by atoms with Crippen molar-refractivity contribution in [2.24, 2.45) is 5.73 Å². The van der Waals surface area contributed by atoms with Gasteiger partial charge in [0.1, 0.15) is 12.0 Å².